The summed E-state index contributed by atoms with van der Waals surface area (Å²) in [5.74, 6) is 1.66. The largest absolute Gasteiger partial charge is 0.340 e. The Labute approximate surface area is 128 Å². The summed E-state index contributed by atoms with van der Waals surface area (Å²) >= 11 is 0. The zero-order valence-electron chi connectivity index (χ0n) is 13.9. The first-order valence-electron chi connectivity index (χ1n) is 8.46. The molecule has 4 nitrogen and oxygen atoms in total. The van der Waals surface area contributed by atoms with E-state index in [0.29, 0.717) is 24.3 Å². The van der Waals surface area contributed by atoms with E-state index in [1.807, 2.05) is 4.90 Å². The molecule has 0 aromatic carbocycles. The Kier molecular flexibility index (Phi) is 4.95. The quantitative estimate of drug-likeness (QED) is 0.866. The van der Waals surface area contributed by atoms with Gasteiger partial charge in [-0.15, -0.1) is 0 Å². The molecule has 2 fully saturated rings. The molecular formula is C17H30N2O2. The maximum absolute atomic E-state index is 12.9. The number of rotatable bonds is 4. The molecule has 1 spiro atoms. The highest BCUT2D eigenvalue weighted by molar-refractivity contribution is 5.98. The molecule has 1 saturated carbocycles. The molecule has 0 unspecified atom stereocenters. The van der Waals surface area contributed by atoms with Gasteiger partial charge in [-0.1, -0.05) is 47.0 Å². The monoisotopic (exact) mass is 294 g/mol. The number of amides is 2. The molecule has 21 heavy (non-hydrogen) atoms. The topological polar surface area (TPSA) is 49.4 Å². The van der Waals surface area contributed by atoms with Gasteiger partial charge in [0.15, 0.2) is 0 Å². The molecule has 1 heterocycles. The van der Waals surface area contributed by atoms with Gasteiger partial charge in [-0.3, -0.25) is 9.59 Å². The first kappa shape index (κ1) is 16.3. The number of hydrogen-bond donors (Lipinski definition) is 1. The molecule has 120 valence electrons. The van der Waals surface area contributed by atoms with Gasteiger partial charge in [0.2, 0.25) is 11.8 Å². The predicted octanol–water partition coefficient (Wildman–Crippen LogP) is 2.58. The van der Waals surface area contributed by atoms with E-state index in [2.05, 4.69) is 33.0 Å². The van der Waals surface area contributed by atoms with Crippen molar-refractivity contribution in [2.45, 2.75) is 65.3 Å². The summed E-state index contributed by atoms with van der Waals surface area (Å²) in [6, 6.07) is 0. The number of nitrogens with one attached hydrogen (secondary N) is 1. The van der Waals surface area contributed by atoms with Crippen LogP contribution in [0.15, 0.2) is 0 Å². The zero-order valence-corrected chi connectivity index (χ0v) is 13.9. The van der Waals surface area contributed by atoms with Crippen molar-refractivity contribution in [1.29, 1.82) is 0 Å². The molecule has 0 aromatic rings. The van der Waals surface area contributed by atoms with E-state index >= 15 is 0 Å². The first-order valence-corrected chi connectivity index (χ1v) is 8.46. The fourth-order valence-corrected chi connectivity index (χ4v) is 4.00. The molecule has 4 heteroatoms. The molecule has 1 aliphatic heterocycles. The Morgan fingerprint density at radius 1 is 1.05 bits per heavy atom. The summed E-state index contributed by atoms with van der Waals surface area (Å²) in [6.45, 7) is 9.76. The van der Waals surface area contributed by atoms with Gasteiger partial charge < -0.3 is 10.2 Å². The number of carbonyl (C=O) groups excluding carboxylic acids is 2. The molecule has 0 radical (unpaired) electrons. The van der Waals surface area contributed by atoms with E-state index in [4.69, 9.17) is 0 Å². The van der Waals surface area contributed by atoms with Crippen molar-refractivity contribution in [3.8, 4) is 0 Å². The summed E-state index contributed by atoms with van der Waals surface area (Å²) in [7, 11) is 0. The molecule has 0 aromatic heterocycles. The Balaban J connectivity index is 2.15. The van der Waals surface area contributed by atoms with Crippen LogP contribution in [0.1, 0.15) is 59.8 Å². The molecule has 0 atom stereocenters. The second-order valence-electron chi connectivity index (χ2n) is 7.53. The highest BCUT2D eigenvalue weighted by Crippen LogP contribution is 2.33. The number of hydrogen-bond acceptors (Lipinski definition) is 2. The molecule has 0 bridgehead atoms. The molecule has 1 N–H and O–H groups in total. The zero-order chi connectivity index (χ0) is 15.6. The SMILES string of the molecule is CC(C)C(CN1CC(=O)NC2(CCCCC2)C1=O)C(C)C. The van der Waals surface area contributed by atoms with Gasteiger partial charge >= 0.3 is 0 Å². The minimum atomic E-state index is -0.591. The third-order valence-electron chi connectivity index (χ3n) is 5.26. The Hall–Kier alpha value is -1.06. The summed E-state index contributed by atoms with van der Waals surface area (Å²) in [5, 5.41) is 3.01. The number of nitrogens with zero attached hydrogens (tertiary/aromatic N) is 1. The maximum Gasteiger partial charge on any atom is 0.248 e. The highest BCUT2D eigenvalue weighted by atomic mass is 16.2. The second-order valence-corrected chi connectivity index (χ2v) is 7.53. The van der Waals surface area contributed by atoms with E-state index in [1.165, 1.54) is 6.42 Å². The van der Waals surface area contributed by atoms with Gasteiger partial charge in [-0.25, -0.2) is 0 Å². The summed E-state index contributed by atoms with van der Waals surface area (Å²) in [6.07, 6.45) is 4.87. The van der Waals surface area contributed by atoms with Crippen LogP contribution >= 0.6 is 0 Å². The number of carbonyl (C=O) groups is 2. The van der Waals surface area contributed by atoms with Crippen molar-refractivity contribution in [2.24, 2.45) is 17.8 Å². The average molecular weight is 294 g/mol. The molecule has 1 aliphatic carbocycles. The minimum absolute atomic E-state index is 0.0164. The Bertz CT molecular complexity index is 390. The van der Waals surface area contributed by atoms with Crippen LogP contribution in [-0.4, -0.2) is 35.3 Å². The van der Waals surface area contributed by atoms with E-state index in [-0.39, 0.29) is 18.4 Å². The molecule has 1 saturated heterocycles. The maximum atomic E-state index is 12.9. The van der Waals surface area contributed by atoms with Gasteiger partial charge in [0, 0.05) is 6.54 Å². The average Bonchev–Trinajstić information content (AvgIpc) is 2.41. The van der Waals surface area contributed by atoms with Crippen LogP contribution in [-0.2, 0) is 9.59 Å². The minimum Gasteiger partial charge on any atom is -0.340 e. The lowest BCUT2D eigenvalue weighted by Crippen LogP contribution is -2.67. The highest BCUT2D eigenvalue weighted by Gasteiger charge is 2.47. The van der Waals surface area contributed by atoms with Gasteiger partial charge in [0.05, 0.1) is 6.54 Å². The molecule has 2 aliphatic rings. The van der Waals surface area contributed by atoms with Crippen LogP contribution in [0.5, 0.6) is 0 Å². The fraction of sp³-hybridized carbons (Fsp3) is 0.882. The summed E-state index contributed by atoms with van der Waals surface area (Å²) < 4.78 is 0. The van der Waals surface area contributed by atoms with E-state index in [0.717, 1.165) is 25.7 Å². The van der Waals surface area contributed by atoms with Crippen LogP contribution in [0.3, 0.4) is 0 Å². The summed E-state index contributed by atoms with van der Waals surface area (Å²) in [5.41, 5.74) is -0.591. The van der Waals surface area contributed by atoms with Crippen LogP contribution < -0.4 is 5.32 Å². The normalized spacial score (nSPS) is 22.5. The van der Waals surface area contributed by atoms with Crippen molar-refractivity contribution < 1.29 is 9.59 Å². The van der Waals surface area contributed by atoms with Crippen LogP contribution in [0, 0.1) is 17.8 Å². The van der Waals surface area contributed by atoms with Crippen molar-refractivity contribution in [3.05, 3.63) is 0 Å². The Morgan fingerprint density at radius 3 is 2.14 bits per heavy atom. The predicted molar refractivity (Wildman–Crippen MR) is 83.7 cm³/mol. The third-order valence-corrected chi connectivity index (χ3v) is 5.26. The fourth-order valence-electron chi connectivity index (χ4n) is 4.00. The summed E-state index contributed by atoms with van der Waals surface area (Å²) in [4.78, 5) is 26.9. The van der Waals surface area contributed by atoms with Gasteiger partial charge in [-0.2, -0.15) is 0 Å². The van der Waals surface area contributed by atoms with Gasteiger partial charge in [0.1, 0.15) is 5.54 Å². The molecule has 2 amide bonds. The smallest absolute Gasteiger partial charge is 0.248 e. The van der Waals surface area contributed by atoms with E-state index < -0.39 is 5.54 Å². The van der Waals surface area contributed by atoms with Crippen molar-refractivity contribution >= 4 is 11.8 Å². The van der Waals surface area contributed by atoms with Crippen LogP contribution in [0.25, 0.3) is 0 Å². The van der Waals surface area contributed by atoms with E-state index in [9.17, 15) is 9.59 Å². The molecule has 2 rings (SSSR count). The third kappa shape index (κ3) is 3.41. The lowest BCUT2D eigenvalue weighted by Gasteiger charge is -2.45. The van der Waals surface area contributed by atoms with Crippen molar-refractivity contribution in [3.63, 3.8) is 0 Å². The van der Waals surface area contributed by atoms with Crippen LogP contribution in [0.2, 0.25) is 0 Å². The van der Waals surface area contributed by atoms with Crippen LogP contribution in [0.4, 0.5) is 0 Å². The number of piperazine rings is 1. The lowest BCUT2D eigenvalue weighted by atomic mass is 9.78. The first-order chi connectivity index (χ1) is 9.85. The van der Waals surface area contributed by atoms with Crippen molar-refractivity contribution in [1.82, 2.24) is 10.2 Å². The second kappa shape index (κ2) is 6.37. The molecular weight excluding hydrogens is 264 g/mol. The van der Waals surface area contributed by atoms with E-state index in [1.54, 1.807) is 0 Å². The van der Waals surface area contributed by atoms with Gasteiger partial charge in [0.25, 0.3) is 0 Å². The lowest BCUT2D eigenvalue weighted by molar-refractivity contribution is -0.152. The Morgan fingerprint density at radius 2 is 1.62 bits per heavy atom. The van der Waals surface area contributed by atoms with Crippen molar-refractivity contribution in [2.75, 3.05) is 13.1 Å². The standard InChI is InChI=1S/C17H30N2O2/c1-12(2)14(13(3)4)10-19-11-15(20)18-17(16(19)21)8-6-5-7-9-17/h12-14H,5-11H2,1-4H3,(H,18,20). The van der Waals surface area contributed by atoms with Gasteiger partial charge in [-0.05, 0) is 30.6 Å².